The van der Waals surface area contributed by atoms with Gasteiger partial charge in [-0.15, -0.1) is 23.1 Å². The number of hydrogen-bond donors (Lipinski definition) is 2. The fourth-order valence-electron chi connectivity index (χ4n) is 0.646. The van der Waals surface area contributed by atoms with Gasteiger partial charge in [0, 0.05) is 0 Å². The van der Waals surface area contributed by atoms with E-state index in [0.29, 0.717) is 0 Å². The van der Waals surface area contributed by atoms with Crippen LogP contribution in [0.2, 0.25) is 0 Å². The van der Waals surface area contributed by atoms with Crippen molar-refractivity contribution in [2.24, 2.45) is 10.9 Å². The Kier molecular flexibility index (Phi) is 3.43. The fourth-order valence-corrected chi connectivity index (χ4v) is 2.59. The number of hydrogen-bond acceptors (Lipinski definition) is 4. The highest BCUT2D eigenvalue weighted by Crippen LogP contribution is 2.27. The van der Waals surface area contributed by atoms with Gasteiger partial charge in [0.15, 0.2) is 5.84 Å². The van der Waals surface area contributed by atoms with Gasteiger partial charge in [-0.2, -0.15) is 0 Å². The molecule has 3 N–H and O–H groups in total. The topological polar surface area (TPSA) is 58.6 Å². The largest absolute Gasteiger partial charge is 0.409 e. The monoisotopic (exact) mass is 202 g/mol. The maximum atomic E-state index is 8.39. The van der Waals surface area contributed by atoms with Crippen molar-refractivity contribution in [3.8, 4) is 0 Å². The second-order valence-corrected chi connectivity index (χ2v) is 4.81. The van der Waals surface area contributed by atoms with E-state index in [0.717, 1.165) is 0 Å². The fraction of sp³-hybridized carbons (Fsp3) is 0.286. The van der Waals surface area contributed by atoms with Crippen LogP contribution in [-0.4, -0.2) is 16.3 Å². The van der Waals surface area contributed by atoms with E-state index in [1.54, 1.807) is 23.1 Å². The summed E-state index contributed by atoms with van der Waals surface area (Å²) >= 11 is 3.24. The lowest BCUT2D eigenvalue weighted by atomic mass is 10.4. The number of oxime groups is 1. The van der Waals surface area contributed by atoms with Crippen LogP contribution in [0.25, 0.3) is 0 Å². The standard InChI is InChI=1S/C7H10N2OS2/c1-5(7(8)9-10)12-6-3-2-4-11-6/h2-5,10H,1H3,(H2,8,9). The number of nitrogens with two attached hydrogens (primary N) is 1. The van der Waals surface area contributed by atoms with Crippen LogP contribution in [0.5, 0.6) is 0 Å². The third-order valence-corrected chi connectivity index (χ3v) is 3.52. The minimum atomic E-state index is 0.0219. The van der Waals surface area contributed by atoms with Gasteiger partial charge in [0.25, 0.3) is 0 Å². The van der Waals surface area contributed by atoms with E-state index in [9.17, 15) is 0 Å². The Hall–Kier alpha value is -0.680. The molecule has 0 saturated carbocycles. The number of thiophene rings is 1. The Labute approximate surface area is 79.3 Å². The molecular weight excluding hydrogens is 192 g/mol. The first-order chi connectivity index (χ1) is 5.74. The van der Waals surface area contributed by atoms with E-state index in [2.05, 4.69) is 5.16 Å². The SMILES string of the molecule is CC(Sc1cccs1)C(N)=NO. The molecule has 1 aromatic rings. The smallest absolute Gasteiger partial charge is 0.152 e. The molecule has 1 aromatic heterocycles. The van der Waals surface area contributed by atoms with Crippen LogP contribution >= 0.6 is 23.1 Å². The molecule has 1 unspecified atom stereocenters. The molecule has 0 spiro atoms. The van der Waals surface area contributed by atoms with Crippen molar-refractivity contribution in [3.05, 3.63) is 17.5 Å². The van der Waals surface area contributed by atoms with Gasteiger partial charge in [-0.05, 0) is 18.4 Å². The molecular formula is C7H10N2OS2. The van der Waals surface area contributed by atoms with Gasteiger partial charge in [-0.1, -0.05) is 11.2 Å². The average molecular weight is 202 g/mol. The van der Waals surface area contributed by atoms with Crippen LogP contribution in [-0.2, 0) is 0 Å². The van der Waals surface area contributed by atoms with Crippen LogP contribution in [0.1, 0.15) is 6.92 Å². The second-order valence-electron chi connectivity index (χ2n) is 2.22. The summed E-state index contributed by atoms with van der Waals surface area (Å²) in [6, 6.07) is 3.99. The van der Waals surface area contributed by atoms with Gasteiger partial charge >= 0.3 is 0 Å². The van der Waals surface area contributed by atoms with Crippen molar-refractivity contribution < 1.29 is 5.21 Å². The van der Waals surface area contributed by atoms with Crippen molar-refractivity contribution in [2.45, 2.75) is 16.4 Å². The Morgan fingerprint density at radius 1 is 1.83 bits per heavy atom. The molecule has 1 heterocycles. The van der Waals surface area contributed by atoms with Gasteiger partial charge < -0.3 is 10.9 Å². The zero-order valence-corrected chi connectivity index (χ0v) is 8.23. The summed E-state index contributed by atoms with van der Waals surface area (Å²) in [6.07, 6.45) is 0. The van der Waals surface area contributed by atoms with Crippen molar-refractivity contribution in [2.75, 3.05) is 0 Å². The summed E-state index contributed by atoms with van der Waals surface area (Å²) in [4.78, 5) is 0. The molecule has 12 heavy (non-hydrogen) atoms. The molecule has 0 aliphatic carbocycles. The number of thioether (sulfide) groups is 1. The second kappa shape index (κ2) is 4.37. The molecule has 0 radical (unpaired) electrons. The molecule has 0 aliphatic rings. The van der Waals surface area contributed by atoms with Crippen LogP contribution in [0.4, 0.5) is 0 Å². The Morgan fingerprint density at radius 3 is 3.08 bits per heavy atom. The highest BCUT2D eigenvalue weighted by atomic mass is 32.2. The first-order valence-electron chi connectivity index (χ1n) is 3.41. The van der Waals surface area contributed by atoms with Crippen molar-refractivity contribution in [1.29, 1.82) is 0 Å². The molecule has 0 aliphatic heterocycles. The highest BCUT2D eigenvalue weighted by molar-refractivity contribution is 8.02. The Morgan fingerprint density at radius 2 is 2.58 bits per heavy atom. The van der Waals surface area contributed by atoms with E-state index >= 15 is 0 Å². The van der Waals surface area contributed by atoms with Gasteiger partial charge in [0.2, 0.25) is 0 Å². The number of rotatable bonds is 3. The van der Waals surface area contributed by atoms with E-state index in [1.165, 1.54) is 4.21 Å². The first-order valence-corrected chi connectivity index (χ1v) is 5.17. The zero-order chi connectivity index (χ0) is 8.97. The molecule has 1 rings (SSSR count). The summed E-state index contributed by atoms with van der Waals surface area (Å²) in [7, 11) is 0. The molecule has 0 fully saturated rings. The molecule has 0 bridgehead atoms. The zero-order valence-electron chi connectivity index (χ0n) is 6.60. The third kappa shape index (κ3) is 2.42. The molecule has 3 nitrogen and oxygen atoms in total. The molecule has 5 heteroatoms. The molecule has 1 atom stereocenters. The highest BCUT2D eigenvalue weighted by Gasteiger charge is 2.09. The number of amidine groups is 1. The van der Waals surface area contributed by atoms with Gasteiger partial charge in [-0.3, -0.25) is 0 Å². The summed E-state index contributed by atoms with van der Waals surface area (Å²) < 4.78 is 1.18. The van der Waals surface area contributed by atoms with Crippen LogP contribution in [0, 0.1) is 0 Å². The first kappa shape index (κ1) is 9.41. The predicted molar refractivity (Wildman–Crippen MR) is 53.0 cm³/mol. The summed E-state index contributed by atoms with van der Waals surface area (Å²) in [5.74, 6) is 0.258. The van der Waals surface area contributed by atoms with E-state index in [1.807, 2.05) is 24.4 Å². The van der Waals surface area contributed by atoms with Crippen molar-refractivity contribution in [3.63, 3.8) is 0 Å². The summed E-state index contributed by atoms with van der Waals surface area (Å²) in [5.41, 5.74) is 5.42. The lowest BCUT2D eigenvalue weighted by molar-refractivity contribution is 0.317. The average Bonchev–Trinajstić information content (AvgIpc) is 2.55. The van der Waals surface area contributed by atoms with Crippen LogP contribution in [0.15, 0.2) is 26.9 Å². The van der Waals surface area contributed by atoms with Crippen LogP contribution < -0.4 is 5.73 Å². The lowest BCUT2D eigenvalue weighted by Crippen LogP contribution is -2.22. The van der Waals surface area contributed by atoms with Crippen LogP contribution in [0.3, 0.4) is 0 Å². The third-order valence-electron chi connectivity index (χ3n) is 1.32. The normalized spacial score (nSPS) is 14.6. The lowest BCUT2D eigenvalue weighted by Gasteiger charge is -2.06. The molecule has 0 amide bonds. The molecule has 0 aromatic carbocycles. The maximum Gasteiger partial charge on any atom is 0.152 e. The summed E-state index contributed by atoms with van der Waals surface area (Å²) in [5, 5.41) is 13.4. The number of nitrogens with zero attached hydrogens (tertiary/aromatic N) is 1. The summed E-state index contributed by atoms with van der Waals surface area (Å²) in [6.45, 7) is 1.90. The van der Waals surface area contributed by atoms with Gasteiger partial charge in [0.05, 0.1) is 9.46 Å². The van der Waals surface area contributed by atoms with Gasteiger partial charge in [0.1, 0.15) is 0 Å². The van der Waals surface area contributed by atoms with Crippen molar-refractivity contribution in [1.82, 2.24) is 0 Å². The van der Waals surface area contributed by atoms with E-state index in [4.69, 9.17) is 10.9 Å². The Balaban J connectivity index is 2.53. The van der Waals surface area contributed by atoms with E-state index in [-0.39, 0.29) is 11.1 Å². The Bertz CT molecular complexity index is 258. The molecule has 0 saturated heterocycles. The van der Waals surface area contributed by atoms with Gasteiger partial charge in [-0.25, -0.2) is 0 Å². The minimum absolute atomic E-state index is 0.0219. The maximum absolute atomic E-state index is 8.39. The quantitative estimate of drug-likeness (QED) is 0.259. The predicted octanol–water partition coefficient (Wildman–Crippen LogP) is 1.98. The minimum Gasteiger partial charge on any atom is -0.409 e. The van der Waals surface area contributed by atoms with Crippen molar-refractivity contribution >= 4 is 28.9 Å². The van der Waals surface area contributed by atoms with E-state index < -0.39 is 0 Å². The molecule has 66 valence electrons.